The highest BCUT2D eigenvalue weighted by molar-refractivity contribution is 5.95. The first-order chi connectivity index (χ1) is 20.0. The fraction of sp³-hybridized carbons (Fsp3) is 0.375. The molecule has 4 aliphatic heterocycles. The Hall–Kier alpha value is -4.29. The van der Waals surface area contributed by atoms with E-state index in [0.29, 0.717) is 53.5 Å². The number of nitrogens with zero attached hydrogens (tertiary/aromatic N) is 5. The Morgan fingerprint density at radius 3 is 2.63 bits per heavy atom. The number of hydrogen-bond acceptors (Lipinski definition) is 7. The number of pyridine rings is 2. The van der Waals surface area contributed by atoms with Crippen molar-refractivity contribution < 1.29 is 13.6 Å². The number of alkyl halides is 1. The van der Waals surface area contributed by atoms with Crippen molar-refractivity contribution in [2.45, 2.75) is 38.4 Å². The van der Waals surface area contributed by atoms with E-state index in [1.54, 1.807) is 12.4 Å². The van der Waals surface area contributed by atoms with Gasteiger partial charge in [0.25, 0.3) is 5.91 Å². The maximum Gasteiger partial charge on any atom is 0.270 e. The summed E-state index contributed by atoms with van der Waals surface area (Å²) in [5, 5.41) is 13.1. The summed E-state index contributed by atoms with van der Waals surface area (Å²) < 4.78 is 20.1. The number of aromatic nitrogens is 2. The number of amides is 1. The molecule has 1 amide bonds. The van der Waals surface area contributed by atoms with E-state index < -0.39 is 6.17 Å². The van der Waals surface area contributed by atoms with E-state index in [-0.39, 0.29) is 11.9 Å². The molecule has 4 fully saturated rings. The van der Waals surface area contributed by atoms with Crippen LogP contribution in [0.4, 0.5) is 10.1 Å². The molecular formula is C32H31FN6O2. The summed E-state index contributed by atoms with van der Waals surface area (Å²) in [6.45, 7) is 6.02. The van der Waals surface area contributed by atoms with Crippen LogP contribution in [0.1, 0.15) is 40.9 Å². The molecule has 0 radical (unpaired) electrons. The topological polar surface area (TPSA) is 98.3 Å². The molecule has 1 N–H and O–H groups in total. The summed E-state index contributed by atoms with van der Waals surface area (Å²) in [7, 11) is 0. The van der Waals surface area contributed by atoms with Crippen molar-refractivity contribution in [2.75, 3.05) is 37.6 Å². The molecule has 3 aromatic heterocycles. The van der Waals surface area contributed by atoms with Gasteiger partial charge in [0.15, 0.2) is 5.58 Å². The zero-order valence-corrected chi connectivity index (χ0v) is 22.9. The number of anilines is 1. The highest BCUT2D eigenvalue weighted by Gasteiger charge is 2.35. The van der Waals surface area contributed by atoms with E-state index in [1.165, 1.54) is 0 Å². The lowest BCUT2D eigenvalue weighted by atomic mass is 9.84. The molecule has 8 rings (SSSR count). The number of carbonyl (C=O) groups is 1. The van der Waals surface area contributed by atoms with Crippen molar-refractivity contribution in [1.82, 2.24) is 20.2 Å². The molecule has 4 aliphatic rings. The molecule has 1 aromatic carbocycles. The number of halogens is 1. The van der Waals surface area contributed by atoms with Gasteiger partial charge >= 0.3 is 0 Å². The fourth-order valence-electron chi connectivity index (χ4n) is 6.61. The van der Waals surface area contributed by atoms with E-state index >= 15 is 0 Å². The largest absolute Gasteiger partial charge is 0.454 e. The summed E-state index contributed by atoms with van der Waals surface area (Å²) in [6.07, 6.45) is 5.30. The molecule has 9 heteroatoms. The number of nitriles is 1. The minimum Gasteiger partial charge on any atom is -0.454 e. The van der Waals surface area contributed by atoms with Crippen LogP contribution in [0.3, 0.4) is 0 Å². The monoisotopic (exact) mass is 550 g/mol. The Balaban J connectivity index is 1.16. The second-order valence-corrected chi connectivity index (χ2v) is 11.5. The van der Waals surface area contributed by atoms with Crippen molar-refractivity contribution in [1.29, 1.82) is 5.26 Å². The third-order valence-corrected chi connectivity index (χ3v) is 8.89. The van der Waals surface area contributed by atoms with Crippen molar-refractivity contribution in [2.24, 2.45) is 5.92 Å². The van der Waals surface area contributed by atoms with Crippen LogP contribution < -0.4 is 10.2 Å². The molecule has 0 spiro atoms. The Kier molecular flexibility index (Phi) is 6.43. The maximum atomic E-state index is 13.8. The van der Waals surface area contributed by atoms with Gasteiger partial charge in [-0.1, -0.05) is 6.07 Å². The van der Waals surface area contributed by atoms with Gasteiger partial charge in [0.2, 0.25) is 0 Å². The maximum absolute atomic E-state index is 13.8. The molecule has 0 unspecified atom stereocenters. The first-order valence-corrected chi connectivity index (χ1v) is 14.3. The van der Waals surface area contributed by atoms with Crippen LogP contribution in [-0.2, 0) is 0 Å². The van der Waals surface area contributed by atoms with Crippen LogP contribution in [0.2, 0.25) is 0 Å². The summed E-state index contributed by atoms with van der Waals surface area (Å²) >= 11 is 0. The fourth-order valence-corrected chi connectivity index (χ4v) is 6.61. The third kappa shape index (κ3) is 4.72. The van der Waals surface area contributed by atoms with Gasteiger partial charge in [-0.2, -0.15) is 5.26 Å². The predicted octanol–water partition coefficient (Wildman–Crippen LogP) is 5.11. The minimum atomic E-state index is -0.867. The molecule has 4 aromatic rings. The third-order valence-electron chi connectivity index (χ3n) is 8.89. The van der Waals surface area contributed by atoms with E-state index in [4.69, 9.17) is 4.42 Å². The quantitative estimate of drug-likeness (QED) is 0.369. The number of nitrogens with one attached hydrogen (secondary N) is 1. The van der Waals surface area contributed by atoms with Crippen LogP contribution in [0, 0.1) is 24.2 Å². The first kappa shape index (κ1) is 25.7. The van der Waals surface area contributed by atoms with Gasteiger partial charge in [0.1, 0.15) is 29.2 Å². The second kappa shape index (κ2) is 10.3. The van der Waals surface area contributed by atoms with Gasteiger partial charge in [0, 0.05) is 55.3 Å². The highest BCUT2D eigenvalue weighted by atomic mass is 19.1. The van der Waals surface area contributed by atoms with Gasteiger partial charge in [-0.25, -0.2) is 4.39 Å². The van der Waals surface area contributed by atoms with Gasteiger partial charge in [-0.05, 0) is 80.6 Å². The Morgan fingerprint density at radius 2 is 1.93 bits per heavy atom. The van der Waals surface area contributed by atoms with Crippen molar-refractivity contribution >= 4 is 22.7 Å². The minimum absolute atomic E-state index is 0.139. The van der Waals surface area contributed by atoms with Crippen molar-refractivity contribution in [3.8, 4) is 28.5 Å². The standard InChI is InChI=1S/C32H31FN6O2/c1-19-12-27(32(40)37-28-18-38-9-5-20(28)6-10-38)36-16-25(19)30-14-26-31(41-30)24(4-8-35-26)21-2-3-29(22(13-21)15-34)39-11-7-23(33)17-39/h2-4,8,12-14,16,20,23,28H,5-7,9-11,17-18H2,1H3,(H,37,40)/t23-,28-/m1/s1. The summed E-state index contributed by atoms with van der Waals surface area (Å²) in [5.41, 5.74) is 6.25. The van der Waals surface area contributed by atoms with E-state index in [2.05, 4.69) is 26.3 Å². The number of carbonyl (C=O) groups excluding carboxylic acids is 1. The normalized spacial score (nSPS) is 23.6. The molecule has 2 atom stereocenters. The molecular weight excluding hydrogens is 519 g/mol. The smallest absolute Gasteiger partial charge is 0.270 e. The molecule has 0 aliphatic carbocycles. The molecule has 7 heterocycles. The number of benzene rings is 1. The van der Waals surface area contributed by atoms with Crippen molar-refractivity contribution in [3.63, 3.8) is 0 Å². The molecule has 2 bridgehead atoms. The van der Waals surface area contributed by atoms with Crippen LogP contribution in [0.25, 0.3) is 33.6 Å². The SMILES string of the molecule is Cc1cc(C(=O)N[C@@H]2CN3CCC2CC3)ncc1-c1cc2nccc(-c3ccc(N4CC[C@@H](F)C4)c(C#N)c3)c2o1. The second-order valence-electron chi connectivity index (χ2n) is 11.5. The van der Waals surface area contributed by atoms with Crippen molar-refractivity contribution in [3.05, 3.63) is 65.6 Å². The summed E-state index contributed by atoms with van der Waals surface area (Å²) in [4.78, 5) is 26.4. The predicted molar refractivity (Wildman–Crippen MR) is 154 cm³/mol. The zero-order chi connectivity index (χ0) is 28.1. The van der Waals surface area contributed by atoms with E-state index in [0.717, 1.165) is 60.4 Å². The zero-order valence-electron chi connectivity index (χ0n) is 22.9. The molecule has 4 saturated heterocycles. The lowest BCUT2D eigenvalue weighted by Gasteiger charge is -2.44. The van der Waals surface area contributed by atoms with E-state index in [1.807, 2.05) is 48.2 Å². The van der Waals surface area contributed by atoms with E-state index in [9.17, 15) is 14.4 Å². The molecule has 208 valence electrons. The summed E-state index contributed by atoms with van der Waals surface area (Å²) in [6, 6.07) is 13.7. The molecule has 41 heavy (non-hydrogen) atoms. The average Bonchev–Trinajstić information content (AvgIpc) is 3.63. The number of fused-ring (bicyclic) bond motifs is 4. The number of rotatable bonds is 5. The Bertz CT molecular complexity index is 1690. The highest BCUT2D eigenvalue weighted by Crippen LogP contribution is 2.37. The van der Waals surface area contributed by atoms with Crippen LogP contribution in [0.5, 0.6) is 0 Å². The van der Waals surface area contributed by atoms with Crippen LogP contribution in [-0.4, -0.2) is 65.7 Å². The number of furan rings is 1. The van der Waals surface area contributed by atoms with Gasteiger partial charge < -0.3 is 19.5 Å². The Morgan fingerprint density at radius 1 is 1.07 bits per heavy atom. The van der Waals surface area contributed by atoms with Gasteiger partial charge in [0.05, 0.1) is 11.3 Å². The first-order valence-electron chi connectivity index (χ1n) is 14.3. The number of hydrogen-bond donors (Lipinski definition) is 1. The average molecular weight is 551 g/mol. The van der Waals surface area contributed by atoms with Gasteiger partial charge in [-0.15, -0.1) is 0 Å². The number of piperidine rings is 3. The summed E-state index contributed by atoms with van der Waals surface area (Å²) in [5.74, 6) is 1.02. The Labute approximate surface area is 237 Å². The van der Waals surface area contributed by atoms with Crippen LogP contribution >= 0.6 is 0 Å². The lowest BCUT2D eigenvalue weighted by Crippen LogP contribution is -2.57. The molecule has 8 nitrogen and oxygen atoms in total. The lowest BCUT2D eigenvalue weighted by molar-refractivity contribution is 0.0617. The number of aryl methyl sites for hydroxylation is 1. The van der Waals surface area contributed by atoms with Gasteiger partial charge in [-0.3, -0.25) is 14.8 Å². The molecule has 0 saturated carbocycles. The van der Waals surface area contributed by atoms with Crippen LogP contribution in [0.15, 0.2) is 53.2 Å².